The van der Waals surface area contributed by atoms with Gasteiger partial charge in [-0.25, -0.2) is 0 Å². The predicted octanol–water partition coefficient (Wildman–Crippen LogP) is 15.2. The van der Waals surface area contributed by atoms with Gasteiger partial charge in [-0.2, -0.15) is 18.3 Å². The standard InChI is InChI=1S/C66H40N4O/c1-3-31-63-61(29-1)67-43-69(63)65-57-25-11-26-58(65)50-18-6-14-46(38-50)34-36-48-16-8-20-52(40-48)60-28-12-27-59(51-19-7-15-47(39-51)35-33-45-13-5-17-49(57)37-45)66(60)70-44-68(62-30-2-4-32-64(62)70)54-22-10-24-56(42-54)71-55-23-9-21-53(67)41-55/h1-32,37-44H/q+2. The fourth-order valence-corrected chi connectivity index (χ4v) is 10.4. The monoisotopic (exact) mass is 904 g/mol. The summed E-state index contributed by atoms with van der Waals surface area (Å²) in [5, 5.41) is 12.2. The minimum Gasteiger partial charge on any atom is -0.457 e. The first-order chi connectivity index (χ1) is 35.1. The number of nitrogens with zero attached hydrogens (tertiary/aromatic N) is 4. The van der Waals surface area contributed by atoms with Crippen LogP contribution in [0.2, 0.25) is 0 Å². The van der Waals surface area contributed by atoms with Crippen LogP contribution in [0.15, 0.2) is 243 Å². The highest BCUT2D eigenvalue weighted by atomic mass is 16.5. The Kier molecular flexibility index (Phi) is 9.27. The first-order valence-corrected chi connectivity index (χ1v) is 23.8. The minimum absolute atomic E-state index is 0.729. The van der Waals surface area contributed by atoms with Crippen molar-refractivity contribution in [1.29, 1.82) is 0 Å². The quantitative estimate of drug-likeness (QED) is 0.139. The molecular formula is C66H40N4O+2. The summed E-state index contributed by atoms with van der Waals surface area (Å²) in [6.07, 6.45) is 4.41. The average molecular weight is 905 g/mol. The normalized spacial score (nSPS) is 11.5. The Morgan fingerprint density at radius 3 is 1.03 bits per heavy atom. The number of para-hydroxylation sites is 6. The Balaban J connectivity index is 1.20. The summed E-state index contributed by atoms with van der Waals surface area (Å²) in [7, 11) is 0. The summed E-state index contributed by atoms with van der Waals surface area (Å²) >= 11 is 0. The molecular weight excluding hydrogens is 865 g/mol. The zero-order chi connectivity index (χ0) is 46.8. The van der Waals surface area contributed by atoms with Crippen molar-refractivity contribution in [2.75, 3.05) is 0 Å². The molecule has 0 unspecified atom stereocenters. The van der Waals surface area contributed by atoms with Crippen LogP contribution in [0.25, 0.3) is 109 Å². The Hall–Kier alpha value is -9.94. The van der Waals surface area contributed by atoms with Gasteiger partial charge in [0.05, 0.1) is 0 Å². The first-order valence-electron chi connectivity index (χ1n) is 23.8. The van der Waals surface area contributed by atoms with E-state index in [0.717, 1.165) is 121 Å². The lowest BCUT2D eigenvalue weighted by Crippen LogP contribution is -2.29. The van der Waals surface area contributed by atoms with E-state index in [1.807, 2.05) is 12.1 Å². The van der Waals surface area contributed by atoms with E-state index in [1.54, 1.807) is 0 Å². The third-order valence-electron chi connectivity index (χ3n) is 13.6. The lowest BCUT2D eigenvalue weighted by atomic mass is 10.0. The fourth-order valence-electron chi connectivity index (χ4n) is 10.4. The molecule has 0 saturated heterocycles. The van der Waals surface area contributed by atoms with Crippen LogP contribution < -0.4 is 13.9 Å². The van der Waals surface area contributed by atoms with E-state index in [1.165, 1.54) is 0 Å². The molecule has 22 bridgehead atoms. The van der Waals surface area contributed by atoms with E-state index >= 15 is 0 Å². The molecule has 2 aliphatic heterocycles. The van der Waals surface area contributed by atoms with Gasteiger partial charge in [0.25, 0.3) is 12.7 Å². The second-order valence-electron chi connectivity index (χ2n) is 18.0. The average Bonchev–Trinajstić information content (AvgIpc) is 4.01. The van der Waals surface area contributed by atoms with Crippen LogP contribution in [0.3, 0.4) is 0 Å². The third-order valence-corrected chi connectivity index (χ3v) is 13.6. The van der Waals surface area contributed by atoms with Gasteiger partial charge in [0.15, 0.2) is 22.1 Å². The molecule has 0 saturated carbocycles. The molecule has 4 heterocycles. The Labute approximate surface area is 409 Å². The second kappa shape index (κ2) is 16.4. The lowest BCUT2D eigenvalue weighted by molar-refractivity contribution is -0.564. The molecule has 0 atom stereocenters. The van der Waals surface area contributed by atoms with E-state index in [9.17, 15) is 0 Å². The highest BCUT2D eigenvalue weighted by Gasteiger charge is 2.24. The summed E-state index contributed by atoms with van der Waals surface area (Å²) < 4.78 is 16.0. The molecule has 0 fully saturated rings. The van der Waals surface area contributed by atoms with E-state index in [2.05, 4.69) is 274 Å². The molecule has 5 nitrogen and oxygen atoms in total. The zero-order valence-corrected chi connectivity index (χ0v) is 38.3. The summed E-state index contributed by atoms with van der Waals surface area (Å²) in [5.74, 6) is 1.46. The van der Waals surface area contributed by atoms with Gasteiger partial charge >= 0.3 is 0 Å². The van der Waals surface area contributed by atoms with Crippen LogP contribution in [0, 0.1) is 24.3 Å². The maximum Gasteiger partial charge on any atom is 0.255 e. The molecule has 0 aliphatic carbocycles. The highest BCUT2D eigenvalue weighted by Crippen LogP contribution is 2.33. The van der Waals surface area contributed by atoms with E-state index in [0.29, 0.717) is 0 Å². The number of imidazole rings is 2. The second-order valence-corrected chi connectivity index (χ2v) is 18.0. The molecule has 13 aromatic rings. The number of fused-ring (bicyclic) bond motifs is 2. The Bertz CT molecular complexity index is 4080. The first kappa shape index (κ1) is 40.2. The number of hydrogen-bond donors (Lipinski definition) is 0. The summed E-state index contributed by atoms with van der Waals surface area (Å²) in [6, 6.07) is 95.8. The van der Waals surface area contributed by atoms with Crippen molar-refractivity contribution in [2.45, 2.75) is 0 Å². The van der Waals surface area contributed by atoms with Gasteiger partial charge in [-0.15, -0.1) is 0 Å². The molecule has 0 radical (unpaired) electrons. The molecule has 328 valence electrons. The summed E-state index contributed by atoms with van der Waals surface area (Å²) in [6.45, 7) is 0. The van der Waals surface area contributed by atoms with Crippen LogP contribution in [0.1, 0.15) is 0 Å². The zero-order valence-electron chi connectivity index (χ0n) is 38.3. The van der Waals surface area contributed by atoms with Gasteiger partial charge in [0, 0.05) is 55.2 Å². The topological polar surface area (TPSA) is 26.8 Å². The van der Waals surface area contributed by atoms with E-state index in [-0.39, 0.29) is 0 Å². The number of ether oxygens (including phenoxy) is 1. The predicted molar refractivity (Wildman–Crippen MR) is 288 cm³/mol. The van der Waals surface area contributed by atoms with Crippen LogP contribution in [-0.4, -0.2) is 9.13 Å². The van der Waals surface area contributed by atoms with Crippen molar-refractivity contribution >= 4 is 86.7 Å². The van der Waals surface area contributed by atoms with Crippen molar-refractivity contribution in [3.8, 4) is 34.2 Å². The van der Waals surface area contributed by atoms with Crippen molar-refractivity contribution in [1.82, 2.24) is 9.13 Å². The molecule has 71 heavy (non-hydrogen) atoms. The van der Waals surface area contributed by atoms with Crippen LogP contribution in [-0.2, 0) is 0 Å². The Morgan fingerprint density at radius 1 is 0.310 bits per heavy atom. The molecule has 2 aromatic heterocycles. The largest absolute Gasteiger partial charge is 0.457 e. The van der Waals surface area contributed by atoms with Gasteiger partial charge in [-0.05, 0) is 119 Å². The van der Waals surface area contributed by atoms with Crippen molar-refractivity contribution in [3.05, 3.63) is 267 Å². The number of rotatable bonds is 0. The van der Waals surface area contributed by atoms with Crippen LogP contribution in [0.4, 0.5) is 0 Å². The maximum absolute atomic E-state index is 6.81. The molecule has 0 amide bonds. The van der Waals surface area contributed by atoms with Gasteiger partial charge in [-0.3, -0.25) is 0 Å². The SMILES string of the molecule is c1c2cccc(c2)c2cccc3c2-[n+]2cn(c4ccccc42)-c2cccc(c2)Oc2cccc(c2)-n2c[n+](c4ccccc42)-c2c(cccc2c2cccc(c#cc4cccc3c4)c2)c2cccc(c#1)c2. The summed E-state index contributed by atoms with van der Waals surface area (Å²) in [5.41, 5.74) is 8.25. The fraction of sp³-hybridized carbons (Fsp3) is 0. The molecule has 2 aliphatic rings. The third kappa shape index (κ3) is 7.00. The molecule has 0 N–H and O–H groups in total. The lowest BCUT2D eigenvalue weighted by Gasteiger charge is -2.08. The summed E-state index contributed by atoms with van der Waals surface area (Å²) in [4.78, 5) is 0. The van der Waals surface area contributed by atoms with Crippen molar-refractivity contribution < 1.29 is 13.9 Å². The molecule has 0 spiro atoms. The number of aromatic nitrogens is 4. The molecule has 11 aromatic carbocycles. The minimum atomic E-state index is 0.729. The van der Waals surface area contributed by atoms with Crippen molar-refractivity contribution in [3.63, 3.8) is 0 Å². The van der Waals surface area contributed by atoms with Gasteiger partial charge < -0.3 is 4.74 Å². The number of benzene rings is 10. The highest BCUT2D eigenvalue weighted by molar-refractivity contribution is 6.04. The van der Waals surface area contributed by atoms with Crippen LogP contribution >= 0.6 is 0 Å². The maximum atomic E-state index is 6.81. The van der Waals surface area contributed by atoms with Crippen LogP contribution in [0.5, 0.6) is 11.5 Å². The van der Waals surface area contributed by atoms with Gasteiger partial charge in [0.1, 0.15) is 34.2 Å². The number of hydrogen-bond acceptors (Lipinski definition) is 1. The van der Waals surface area contributed by atoms with Crippen molar-refractivity contribution in [2.24, 2.45) is 0 Å². The molecule has 5 heteroatoms. The smallest absolute Gasteiger partial charge is 0.255 e. The van der Waals surface area contributed by atoms with E-state index in [4.69, 9.17) is 4.74 Å². The van der Waals surface area contributed by atoms with Gasteiger partial charge in [0.2, 0.25) is 0 Å². The van der Waals surface area contributed by atoms with E-state index < -0.39 is 0 Å². The van der Waals surface area contributed by atoms with Gasteiger partial charge in [-0.1, -0.05) is 146 Å². The Morgan fingerprint density at radius 2 is 0.648 bits per heavy atom. The molecule has 15 rings (SSSR count).